The molecule has 1 nitrogen and oxygen atoms in total. The molecule has 1 N–H and O–H groups in total. The van der Waals surface area contributed by atoms with E-state index in [9.17, 15) is 0 Å². The smallest absolute Gasteiger partial charge is 0.0185 e. The Morgan fingerprint density at radius 2 is 1.53 bits per heavy atom. The molecule has 82 valence electrons. The maximum Gasteiger partial charge on any atom is 0.0185 e. The molecule has 15 heavy (non-hydrogen) atoms. The molecule has 0 unspecified atom stereocenters. The van der Waals surface area contributed by atoms with Crippen molar-refractivity contribution in [2.24, 2.45) is 0 Å². The molecule has 0 aromatic heterocycles. The molecular weight excluding hydrogens is 222 g/mol. The fourth-order valence-corrected chi connectivity index (χ4v) is 3.30. The summed E-state index contributed by atoms with van der Waals surface area (Å²) in [5, 5.41) is 3.47. The molecule has 1 aliphatic rings. The van der Waals surface area contributed by atoms with Gasteiger partial charge in [-0.15, -0.1) is 0 Å². The van der Waals surface area contributed by atoms with Crippen LogP contribution in [-0.4, -0.2) is 24.6 Å². The molecule has 0 fully saturated rings. The Labute approximate surface area is 100 Å². The Morgan fingerprint density at radius 3 is 2.13 bits per heavy atom. The average Bonchev–Trinajstić information content (AvgIpc) is 2.26. The summed E-state index contributed by atoms with van der Waals surface area (Å²) in [6.07, 6.45) is 0. The van der Waals surface area contributed by atoms with E-state index in [4.69, 9.17) is 0 Å². The predicted molar refractivity (Wildman–Crippen MR) is 71.6 cm³/mol. The Morgan fingerprint density at radius 1 is 0.933 bits per heavy atom. The van der Waals surface area contributed by atoms with Crippen LogP contribution in [0.4, 0.5) is 0 Å². The van der Waals surface area contributed by atoms with Crippen molar-refractivity contribution in [1.82, 2.24) is 5.32 Å². The van der Waals surface area contributed by atoms with Gasteiger partial charge in [-0.3, -0.25) is 0 Å². The zero-order valence-corrected chi connectivity index (χ0v) is 10.5. The fourth-order valence-electron chi connectivity index (χ4n) is 1.60. The van der Waals surface area contributed by atoms with Crippen molar-refractivity contribution in [2.75, 3.05) is 24.6 Å². The first-order chi connectivity index (χ1) is 7.45. The summed E-state index contributed by atoms with van der Waals surface area (Å²) >= 11 is 4.04. The monoisotopic (exact) mass is 239 g/mol. The van der Waals surface area contributed by atoms with Gasteiger partial charge in [0.2, 0.25) is 0 Å². The van der Waals surface area contributed by atoms with E-state index in [1.807, 2.05) is 23.5 Å². The Balaban J connectivity index is 2.00. The minimum atomic E-state index is 1.14. The summed E-state index contributed by atoms with van der Waals surface area (Å²) in [5.74, 6) is 4.74. The van der Waals surface area contributed by atoms with Crippen molar-refractivity contribution < 1.29 is 0 Å². The molecule has 1 aliphatic heterocycles. The van der Waals surface area contributed by atoms with Crippen LogP contribution in [0.1, 0.15) is 11.1 Å². The van der Waals surface area contributed by atoms with Crippen LogP contribution >= 0.6 is 23.5 Å². The van der Waals surface area contributed by atoms with E-state index < -0.39 is 0 Å². The number of thioether (sulfide) groups is 2. The topological polar surface area (TPSA) is 12.0 Å². The van der Waals surface area contributed by atoms with Gasteiger partial charge in [-0.1, -0.05) is 24.3 Å². The van der Waals surface area contributed by atoms with Crippen LogP contribution in [0.2, 0.25) is 0 Å². The lowest BCUT2D eigenvalue weighted by atomic mass is 10.2. The summed E-state index contributed by atoms with van der Waals surface area (Å²) in [7, 11) is 0. The van der Waals surface area contributed by atoms with E-state index in [1.54, 1.807) is 0 Å². The van der Waals surface area contributed by atoms with Crippen LogP contribution in [0.15, 0.2) is 24.3 Å². The number of nitrogens with one attached hydrogen (secondary N) is 1. The van der Waals surface area contributed by atoms with E-state index in [2.05, 4.69) is 29.6 Å². The van der Waals surface area contributed by atoms with Gasteiger partial charge in [-0.25, -0.2) is 0 Å². The first-order valence-electron chi connectivity index (χ1n) is 5.39. The summed E-state index contributed by atoms with van der Waals surface area (Å²) < 4.78 is 0. The fraction of sp³-hybridized carbons (Fsp3) is 0.500. The van der Waals surface area contributed by atoms with Crippen LogP contribution in [0.5, 0.6) is 0 Å². The summed E-state index contributed by atoms with van der Waals surface area (Å²) in [4.78, 5) is 0. The highest BCUT2D eigenvalue weighted by atomic mass is 32.2. The number of rotatable bonds is 0. The third-order valence-corrected chi connectivity index (χ3v) is 4.44. The van der Waals surface area contributed by atoms with Gasteiger partial charge in [-0.2, -0.15) is 23.5 Å². The molecule has 0 radical (unpaired) electrons. The van der Waals surface area contributed by atoms with E-state index in [0.717, 1.165) is 24.6 Å². The van der Waals surface area contributed by atoms with Crippen LogP contribution in [0.25, 0.3) is 0 Å². The van der Waals surface area contributed by atoms with Gasteiger partial charge in [0.05, 0.1) is 0 Å². The Hall–Kier alpha value is -0.120. The zero-order chi connectivity index (χ0) is 10.3. The molecule has 2 bridgehead atoms. The average molecular weight is 239 g/mol. The van der Waals surface area contributed by atoms with E-state index >= 15 is 0 Å². The van der Waals surface area contributed by atoms with E-state index in [1.165, 1.54) is 22.6 Å². The predicted octanol–water partition coefficient (Wildman–Crippen LogP) is 2.76. The lowest BCUT2D eigenvalue weighted by Gasteiger charge is -2.09. The highest BCUT2D eigenvalue weighted by molar-refractivity contribution is 7.98. The van der Waals surface area contributed by atoms with E-state index in [-0.39, 0.29) is 0 Å². The second-order valence-corrected chi connectivity index (χ2v) is 5.89. The molecule has 0 spiro atoms. The normalized spacial score (nSPS) is 18.9. The van der Waals surface area contributed by atoms with E-state index in [0.29, 0.717) is 0 Å². The molecule has 0 saturated carbocycles. The third kappa shape index (κ3) is 4.09. The highest BCUT2D eigenvalue weighted by Crippen LogP contribution is 2.17. The second-order valence-electron chi connectivity index (χ2n) is 3.68. The van der Waals surface area contributed by atoms with Gasteiger partial charge in [0.15, 0.2) is 0 Å². The molecular formula is C12H17NS2. The van der Waals surface area contributed by atoms with Gasteiger partial charge in [0.25, 0.3) is 0 Å². The lowest BCUT2D eigenvalue weighted by molar-refractivity contribution is 0.774. The number of benzene rings is 1. The molecule has 1 heterocycles. The van der Waals surface area contributed by atoms with Crippen molar-refractivity contribution in [2.45, 2.75) is 11.5 Å². The van der Waals surface area contributed by atoms with Gasteiger partial charge < -0.3 is 5.32 Å². The van der Waals surface area contributed by atoms with Crippen molar-refractivity contribution in [1.29, 1.82) is 0 Å². The summed E-state index contributed by atoms with van der Waals surface area (Å²) in [6, 6.07) is 9.02. The minimum Gasteiger partial charge on any atom is -0.315 e. The maximum atomic E-state index is 3.47. The van der Waals surface area contributed by atoms with Gasteiger partial charge >= 0.3 is 0 Å². The van der Waals surface area contributed by atoms with Crippen LogP contribution in [0.3, 0.4) is 0 Å². The van der Waals surface area contributed by atoms with Gasteiger partial charge in [-0.05, 0) is 11.1 Å². The van der Waals surface area contributed by atoms with Gasteiger partial charge in [0, 0.05) is 36.1 Å². The molecule has 0 atom stereocenters. The molecule has 1 aromatic rings. The van der Waals surface area contributed by atoms with Gasteiger partial charge in [0.1, 0.15) is 0 Å². The van der Waals surface area contributed by atoms with Crippen molar-refractivity contribution in [3.05, 3.63) is 35.4 Å². The Bertz CT molecular complexity index is 276. The first-order valence-corrected chi connectivity index (χ1v) is 7.70. The zero-order valence-electron chi connectivity index (χ0n) is 8.87. The molecule has 1 aromatic carbocycles. The number of fused-ring (bicyclic) bond motifs is 2. The molecule has 2 rings (SSSR count). The SMILES string of the molecule is c1cc2cc(c1)CSCCNCCSC2. The molecule has 0 saturated heterocycles. The quantitative estimate of drug-likeness (QED) is 0.748. The first kappa shape index (κ1) is 11.4. The standard InChI is InChI=1S/C12H17NS2/c1-2-11-8-12(3-1)10-15-7-5-13-4-6-14-9-11/h1-3,8,13H,4-7,9-10H2. The van der Waals surface area contributed by atoms with Crippen molar-refractivity contribution in [3.63, 3.8) is 0 Å². The molecule has 0 aliphatic carbocycles. The van der Waals surface area contributed by atoms with Crippen LogP contribution < -0.4 is 5.32 Å². The molecule has 3 heteroatoms. The van der Waals surface area contributed by atoms with Crippen LogP contribution in [-0.2, 0) is 11.5 Å². The summed E-state index contributed by atoms with van der Waals surface area (Å²) in [5.41, 5.74) is 2.94. The van der Waals surface area contributed by atoms with Crippen LogP contribution in [0, 0.1) is 0 Å². The Kier molecular flexibility index (Phi) is 4.90. The second kappa shape index (κ2) is 6.46. The minimum absolute atomic E-state index is 1.14. The third-order valence-electron chi connectivity index (χ3n) is 2.38. The molecule has 0 amide bonds. The largest absolute Gasteiger partial charge is 0.315 e. The number of hydrogen-bond donors (Lipinski definition) is 1. The lowest BCUT2D eigenvalue weighted by Crippen LogP contribution is -2.20. The maximum absolute atomic E-state index is 3.47. The van der Waals surface area contributed by atoms with Crippen molar-refractivity contribution >= 4 is 23.5 Å². The van der Waals surface area contributed by atoms with Crippen molar-refractivity contribution in [3.8, 4) is 0 Å². The number of hydrogen-bond acceptors (Lipinski definition) is 3. The highest BCUT2D eigenvalue weighted by Gasteiger charge is 1.99. The summed E-state index contributed by atoms with van der Waals surface area (Å²) in [6.45, 7) is 2.29.